The Morgan fingerprint density at radius 2 is 0.891 bits per heavy atom. The third-order valence-electron chi connectivity index (χ3n) is 10.2. The molecule has 0 fully saturated rings. The number of hydrogen-bond donors (Lipinski definition) is 0. The quantitative estimate of drug-likeness (QED) is 0.158. The van der Waals surface area contributed by atoms with Gasteiger partial charge in [-0.3, -0.25) is 0 Å². The molecular formula is C51H35N3O. The largest absolute Gasteiger partial charge is 0.436 e. The van der Waals surface area contributed by atoms with E-state index in [0.717, 1.165) is 61.6 Å². The summed E-state index contributed by atoms with van der Waals surface area (Å²) in [7, 11) is 0. The van der Waals surface area contributed by atoms with Crippen LogP contribution in [0.4, 0.5) is 34.1 Å². The Morgan fingerprint density at radius 3 is 1.58 bits per heavy atom. The highest BCUT2D eigenvalue weighted by Crippen LogP contribution is 2.46. The molecule has 0 radical (unpaired) electrons. The number of aromatic nitrogens is 1. The first-order valence-corrected chi connectivity index (χ1v) is 18.5. The smallest absolute Gasteiger partial charge is 0.227 e. The standard InChI is InChI=1S/C51H35N3O/c1-5-15-36(16-6-1)38-25-28-43(29-26-38)53(41-21-9-3-10-22-41)45-34-47-46(31-32-49-50(47)52-51(55-49)39-18-7-2-8-19-39)48(35-45)54(42-23-11-4-12-24-42)44-30-27-37-17-13-14-20-40(37)33-44/h1-35H. The summed E-state index contributed by atoms with van der Waals surface area (Å²) in [6, 6.07) is 74.7. The topological polar surface area (TPSA) is 32.5 Å². The SMILES string of the molecule is c1ccc(-c2ccc(N(c3ccccc3)c3cc(N(c4ccccc4)c4ccc5ccccc5c4)c4ccc5oc(-c6ccccc6)nc5c4c3)cc2)cc1. The van der Waals surface area contributed by atoms with Gasteiger partial charge in [0.15, 0.2) is 5.58 Å². The normalized spacial score (nSPS) is 11.3. The van der Waals surface area contributed by atoms with Crippen LogP contribution >= 0.6 is 0 Å². The Balaban J connectivity index is 1.25. The molecule has 1 heterocycles. The highest BCUT2D eigenvalue weighted by Gasteiger charge is 2.23. The van der Waals surface area contributed by atoms with E-state index in [2.05, 4.69) is 192 Å². The summed E-state index contributed by atoms with van der Waals surface area (Å²) in [5, 5.41) is 4.44. The maximum absolute atomic E-state index is 6.47. The van der Waals surface area contributed by atoms with Crippen molar-refractivity contribution < 1.29 is 4.42 Å². The minimum atomic E-state index is 0.598. The number of anilines is 6. The van der Waals surface area contributed by atoms with Crippen LogP contribution in [0, 0.1) is 0 Å². The van der Waals surface area contributed by atoms with Crippen molar-refractivity contribution in [1.82, 2.24) is 4.98 Å². The summed E-state index contributed by atoms with van der Waals surface area (Å²) >= 11 is 0. The van der Waals surface area contributed by atoms with E-state index in [4.69, 9.17) is 9.40 Å². The first kappa shape index (κ1) is 32.2. The van der Waals surface area contributed by atoms with Gasteiger partial charge < -0.3 is 14.2 Å². The van der Waals surface area contributed by atoms with E-state index in [0.29, 0.717) is 5.89 Å². The minimum absolute atomic E-state index is 0.598. The van der Waals surface area contributed by atoms with Crippen LogP contribution in [0.5, 0.6) is 0 Å². The number of hydrogen-bond acceptors (Lipinski definition) is 4. The fourth-order valence-electron chi connectivity index (χ4n) is 7.59. The van der Waals surface area contributed by atoms with Crippen molar-refractivity contribution in [1.29, 1.82) is 0 Å². The van der Waals surface area contributed by atoms with Gasteiger partial charge in [0, 0.05) is 44.8 Å². The summed E-state index contributed by atoms with van der Waals surface area (Å²) in [5.41, 5.74) is 11.1. The molecule has 0 aliphatic rings. The van der Waals surface area contributed by atoms with E-state index in [1.165, 1.54) is 21.9 Å². The molecule has 4 nitrogen and oxygen atoms in total. The zero-order chi connectivity index (χ0) is 36.6. The van der Waals surface area contributed by atoms with Gasteiger partial charge >= 0.3 is 0 Å². The van der Waals surface area contributed by atoms with Gasteiger partial charge in [0.05, 0.1) is 5.69 Å². The molecule has 0 amide bonds. The van der Waals surface area contributed by atoms with E-state index in [-0.39, 0.29) is 0 Å². The number of nitrogens with zero attached hydrogens (tertiary/aromatic N) is 3. The predicted octanol–water partition coefficient (Wildman–Crippen LogP) is 14.4. The molecule has 0 spiro atoms. The first-order valence-electron chi connectivity index (χ1n) is 18.5. The third kappa shape index (κ3) is 6.06. The molecular weight excluding hydrogens is 671 g/mol. The van der Waals surface area contributed by atoms with Gasteiger partial charge in [0.25, 0.3) is 0 Å². The first-order chi connectivity index (χ1) is 27.3. The molecule has 55 heavy (non-hydrogen) atoms. The summed E-state index contributed by atoms with van der Waals surface area (Å²) in [4.78, 5) is 9.88. The number of oxazole rings is 1. The monoisotopic (exact) mass is 705 g/mol. The fraction of sp³-hybridized carbons (Fsp3) is 0. The highest BCUT2D eigenvalue weighted by molar-refractivity contribution is 6.13. The molecule has 4 heteroatoms. The van der Waals surface area contributed by atoms with Crippen LogP contribution < -0.4 is 9.80 Å². The number of benzene rings is 9. The Bertz CT molecular complexity index is 2910. The van der Waals surface area contributed by atoms with E-state index in [9.17, 15) is 0 Å². The Hall–Kier alpha value is -7.43. The molecule has 1 aromatic heterocycles. The van der Waals surface area contributed by atoms with Gasteiger partial charge in [0.2, 0.25) is 5.89 Å². The third-order valence-corrected chi connectivity index (χ3v) is 10.2. The predicted molar refractivity (Wildman–Crippen MR) is 229 cm³/mol. The molecule has 10 rings (SSSR count). The molecule has 0 atom stereocenters. The van der Waals surface area contributed by atoms with Crippen LogP contribution in [-0.4, -0.2) is 4.98 Å². The molecule has 0 N–H and O–H groups in total. The van der Waals surface area contributed by atoms with E-state index < -0.39 is 0 Å². The lowest BCUT2D eigenvalue weighted by molar-refractivity contribution is 0.620. The maximum Gasteiger partial charge on any atom is 0.227 e. The van der Waals surface area contributed by atoms with E-state index in [1.807, 2.05) is 30.3 Å². The molecule has 0 bridgehead atoms. The summed E-state index contributed by atoms with van der Waals surface area (Å²) in [6.07, 6.45) is 0. The molecule has 0 aliphatic heterocycles. The van der Waals surface area contributed by atoms with Gasteiger partial charge in [-0.25, -0.2) is 4.98 Å². The van der Waals surface area contributed by atoms with Crippen molar-refractivity contribution in [2.24, 2.45) is 0 Å². The maximum atomic E-state index is 6.47. The van der Waals surface area contributed by atoms with Crippen molar-refractivity contribution in [2.75, 3.05) is 9.80 Å². The van der Waals surface area contributed by atoms with Crippen LogP contribution in [0.3, 0.4) is 0 Å². The zero-order valence-corrected chi connectivity index (χ0v) is 30.0. The van der Waals surface area contributed by atoms with Crippen molar-refractivity contribution >= 4 is 66.8 Å². The van der Waals surface area contributed by atoms with Crippen LogP contribution in [0.15, 0.2) is 217 Å². The Labute approximate surface area is 319 Å². The van der Waals surface area contributed by atoms with Crippen LogP contribution in [0.2, 0.25) is 0 Å². The van der Waals surface area contributed by atoms with Crippen molar-refractivity contribution in [3.05, 3.63) is 212 Å². The second-order valence-corrected chi connectivity index (χ2v) is 13.6. The van der Waals surface area contributed by atoms with Gasteiger partial charge in [-0.05, 0) is 107 Å². The van der Waals surface area contributed by atoms with Gasteiger partial charge in [-0.1, -0.05) is 127 Å². The summed E-state index contributed by atoms with van der Waals surface area (Å²) in [6.45, 7) is 0. The van der Waals surface area contributed by atoms with Crippen molar-refractivity contribution in [3.8, 4) is 22.6 Å². The lowest BCUT2D eigenvalue weighted by Gasteiger charge is -2.31. The summed E-state index contributed by atoms with van der Waals surface area (Å²) in [5.74, 6) is 0.598. The lowest BCUT2D eigenvalue weighted by Crippen LogP contribution is -2.14. The van der Waals surface area contributed by atoms with Crippen molar-refractivity contribution in [2.45, 2.75) is 0 Å². The Kier molecular flexibility index (Phi) is 8.12. The van der Waals surface area contributed by atoms with Gasteiger partial charge in [0.1, 0.15) is 5.52 Å². The lowest BCUT2D eigenvalue weighted by atomic mass is 10.0. The molecule has 0 unspecified atom stereocenters. The van der Waals surface area contributed by atoms with Gasteiger partial charge in [-0.15, -0.1) is 0 Å². The number of rotatable bonds is 8. The van der Waals surface area contributed by atoms with E-state index >= 15 is 0 Å². The number of fused-ring (bicyclic) bond motifs is 4. The summed E-state index contributed by atoms with van der Waals surface area (Å²) < 4.78 is 6.47. The second kappa shape index (κ2) is 13.8. The molecule has 0 saturated carbocycles. The Morgan fingerprint density at radius 1 is 0.345 bits per heavy atom. The highest BCUT2D eigenvalue weighted by atomic mass is 16.3. The zero-order valence-electron chi connectivity index (χ0n) is 30.0. The average molecular weight is 706 g/mol. The molecule has 10 aromatic rings. The second-order valence-electron chi connectivity index (χ2n) is 13.6. The van der Waals surface area contributed by atoms with Gasteiger partial charge in [-0.2, -0.15) is 0 Å². The van der Waals surface area contributed by atoms with Crippen LogP contribution in [0.1, 0.15) is 0 Å². The van der Waals surface area contributed by atoms with Crippen molar-refractivity contribution in [3.63, 3.8) is 0 Å². The van der Waals surface area contributed by atoms with Crippen LogP contribution in [-0.2, 0) is 0 Å². The number of para-hydroxylation sites is 2. The molecule has 0 saturated heterocycles. The molecule has 0 aliphatic carbocycles. The minimum Gasteiger partial charge on any atom is -0.436 e. The van der Waals surface area contributed by atoms with E-state index in [1.54, 1.807) is 0 Å². The average Bonchev–Trinajstić information content (AvgIpc) is 3.71. The van der Waals surface area contributed by atoms with Crippen LogP contribution in [0.25, 0.3) is 55.2 Å². The fourth-order valence-corrected chi connectivity index (χ4v) is 7.59. The molecule has 9 aromatic carbocycles. The molecule has 260 valence electrons.